The van der Waals surface area contributed by atoms with Crippen LogP contribution in [0.1, 0.15) is 16.1 Å². The summed E-state index contributed by atoms with van der Waals surface area (Å²) in [7, 11) is 0. The molecule has 150 valence electrons. The van der Waals surface area contributed by atoms with Crippen molar-refractivity contribution in [2.24, 2.45) is 0 Å². The zero-order chi connectivity index (χ0) is 21.1. The zero-order valence-electron chi connectivity index (χ0n) is 15.4. The van der Waals surface area contributed by atoms with Crippen LogP contribution in [-0.2, 0) is 6.54 Å². The number of hydrogen-bond acceptors (Lipinski definition) is 4. The van der Waals surface area contributed by atoms with E-state index in [1.807, 2.05) is 0 Å². The first-order chi connectivity index (χ1) is 14.5. The highest BCUT2D eigenvalue weighted by Crippen LogP contribution is 2.26. The normalized spacial score (nSPS) is 10.8. The van der Waals surface area contributed by atoms with E-state index in [0.717, 1.165) is 0 Å². The number of nitrogens with one attached hydrogen (secondary N) is 1. The van der Waals surface area contributed by atoms with E-state index in [0.29, 0.717) is 16.8 Å². The first-order valence-electron chi connectivity index (χ1n) is 8.87. The fraction of sp³-hybridized carbons (Fsp3) is 0.0476. The molecule has 2 heterocycles. The number of carbonyl (C=O) groups is 1. The van der Waals surface area contributed by atoms with Gasteiger partial charge < -0.3 is 5.32 Å². The average molecular weight is 426 g/mol. The maximum atomic E-state index is 14.4. The summed E-state index contributed by atoms with van der Waals surface area (Å²) in [6.07, 6.45) is 3.12. The Labute approximate surface area is 175 Å². The highest BCUT2D eigenvalue weighted by molar-refractivity contribution is 6.30. The van der Waals surface area contributed by atoms with E-state index in [9.17, 15) is 13.6 Å². The van der Waals surface area contributed by atoms with E-state index in [4.69, 9.17) is 11.6 Å². The molecule has 0 saturated heterocycles. The van der Waals surface area contributed by atoms with E-state index < -0.39 is 17.5 Å². The summed E-state index contributed by atoms with van der Waals surface area (Å²) in [6, 6.07) is 13.6. The number of para-hydroxylation sites is 1. The van der Waals surface area contributed by atoms with Crippen LogP contribution in [0.3, 0.4) is 0 Å². The van der Waals surface area contributed by atoms with Crippen molar-refractivity contribution < 1.29 is 13.6 Å². The summed E-state index contributed by atoms with van der Waals surface area (Å²) in [5, 5.41) is 10.6. The standard InChI is InChI=1S/C21H14ClF2N5O/c22-15-10-13(7-8-16(15)23)11-26-21(30)19-20(14-4-3-9-25-12-14)29(28-27-19)18-6-2-1-5-17(18)24/h1-10,12H,11H2,(H,26,30). The van der Waals surface area contributed by atoms with Crippen LogP contribution in [0.5, 0.6) is 0 Å². The van der Waals surface area contributed by atoms with Crippen molar-refractivity contribution in [3.63, 3.8) is 0 Å². The highest BCUT2D eigenvalue weighted by atomic mass is 35.5. The van der Waals surface area contributed by atoms with Crippen LogP contribution < -0.4 is 5.32 Å². The van der Waals surface area contributed by atoms with Gasteiger partial charge in [0.15, 0.2) is 5.69 Å². The molecule has 0 unspecified atom stereocenters. The predicted octanol–water partition coefficient (Wildman–Crippen LogP) is 4.19. The third kappa shape index (κ3) is 3.90. The molecule has 1 amide bonds. The number of aromatic nitrogens is 4. The Morgan fingerprint density at radius 3 is 2.63 bits per heavy atom. The Balaban J connectivity index is 1.70. The van der Waals surface area contributed by atoms with Crippen molar-refractivity contribution >= 4 is 17.5 Å². The number of nitrogens with zero attached hydrogens (tertiary/aromatic N) is 4. The molecule has 0 aliphatic heterocycles. The lowest BCUT2D eigenvalue weighted by molar-refractivity contribution is 0.0946. The van der Waals surface area contributed by atoms with Gasteiger partial charge in [-0.2, -0.15) is 0 Å². The van der Waals surface area contributed by atoms with Gasteiger partial charge in [0.2, 0.25) is 0 Å². The van der Waals surface area contributed by atoms with Gasteiger partial charge in [0, 0.05) is 24.5 Å². The second kappa shape index (κ2) is 8.38. The summed E-state index contributed by atoms with van der Waals surface area (Å²) >= 11 is 5.78. The summed E-state index contributed by atoms with van der Waals surface area (Å²) in [5.74, 6) is -1.59. The minimum atomic E-state index is -0.543. The van der Waals surface area contributed by atoms with E-state index in [-0.39, 0.29) is 22.9 Å². The molecule has 0 atom stereocenters. The molecule has 4 rings (SSSR count). The minimum absolute atomic E-state index is 0.000498. The fourth-order valence-electron chi connectivity index (χ4n) is 2.90. The maximum absolute atomic E-state index is 14.4. The molecule has 2 aromatic carbocycles. The molecule has 0 aliphatic rings. The Kier molecular flexibility index (Phi) is 5.49. The summed E-state index contributed by atoms with van der Waals surface area (Å²) in [4.78, 5) is 16.9. The molecular weight excluding hydrogens is 412 g/mol. The maximum Gasteiger partial charge on any atom is 0.274 e. The SMILES string of the molecule is O=C(NCc1ccc(F)c(Cl)c1)c1nnn(-c2ccccc2F)c1-c1cccnc1. The molecule has 0 fully saturated rings. The number of halogens is 3. The second-order valence-electron chi connectivity index (χ2n) is 6.32. The lowest BCUT2D eigenvalue weighted by Gasteiger charge is -2.09. The van der Waals surface area contributed by atoms with Gasteiger partial charge in [0.05, 0.1) is 5.02 Å². The summed E-state index contributed by atoms with van der Waals surface area (Å²) < 4.78 is 29.0. The van der Waals surface area contributed by atoms with Crippen molar-refractivity contribution in [2.75, 3.05) is 0 Å². The zero-order valence-corrected chi connectivity index (χ0v) is 16.1. The third-order valence-electron chi connectivity index (χ3n) is 4.34. The molecular formula is C21H14ClF2N5O. The number of pyridine rings is 1. The van der Waals surface area contributed by atoms with Crippen LogP contribution in [0.25, 0.3) is 16.9 Å². The molecule has 2 aromatic heterocycles. The van der Waals surface area contributed by atoms with Crippen LogP contribution >= 0.6 is 11.6 Å². The lowest BCUT2D eigenvalue weighted by Crippen LogP contribution is -2.24. The third-order valence-corrected chi connectivity index (χ3v) is 4.63. The van der Waals surface area contributed by atoms with Crippen molar-refractivity contribution in [1.82, 2.24) is 25.3 Å². The van der Waals surface area contributed by atoms with Crippen molar-refractivity contribution in [3.05, 3.63) is 94.9 Å². The van der Waals surface area contributed by atoms with Gasteiger partial charge in [-0.15, -0.1) is 5.10 Å². The van der Waals surface area contributed by atoms with Gasteiger partial charge in [-0.1, -0.05) is 35.0 Å². The quantitative estimate of drug-likeness (QED) is 0.520. The fourth-order valence-corrected chi connectivity index (χ4v) is 3.11. The smallest absolute Gasteiger partial charge is 0.274 e. The van der Waals surface area contributed by atoms with Gasteiger partial charge in [0.1, 0.15) is 23.0 Å². The first-order valence-corrected chi connectivity index (χ1v) is 9.25. The molecule has 0 bridgehead atoms. The predicted molar refractivity (Wildman–Crippen MR) is 107 cm³/mol. The van der Waals surface area contributed by atoms with Gasteiger partial charge in [0.25, 0.3) is 5.91 Å². The summed E-state index contributed by atoms with van der Waals surface area (Å²) in [5.41, 5.74) is 1.59. The number of benzene rings is 2. The van der Waals surface area contributed by atoms with E-state index in [1.54, 1.807) is 30.5 Å². The Morgan fingerprint density at radius 2 is 1.90 bits per heavy atom. The number of hydrogen-bond donors (Lipinski definition) is 1. The first kappa shape index (κ1) is 19.7. The van der Waals surface area contributed by atoms with Gasteiger partial charge in [-0.25, -0.2) is 13.5 Å². The number of amides is 1. The van der Waals surface area contributed by atoms with Crippen molar-refractivity contribution in [1.29, 1.82) is 0 Å². The topological polar surface area (TPSA) is 72.7 Å². The van der Waals surface area contributed by atoms with E-state index in [2.05, 4.69) is 20.6 Å². The van der Waals surface area contributed by atoms with E-state index >= 15 is 0 Å². The van der Waals surface area contributed by atoms with Crippen molar-refractivity contribution in [3.8, 4) is 16.9 Å². The summed E-state index contributed by atoms with van der Waals surface area (Å²) in [6.45, 7) is 0.0951. The molecule has 4 aromatic rings. The van der Waals surface area contributed by atoms with Crippen LogP contribution in [0.15, 0.2) is 67.0 Å². The Bertz CT molecular complexity index is 1210. The van der Waals surface area contributed by atoms with Crippen LogP contribution in [0.4, 0.5) is 8.78 Å². The molecule has 0 spiro atoms. The number of carbonyl (C=O) groups excluding carboxylic acids is 1. The number of rotatable bonds is 5. The lowest BCUT2D eigenvalue weighted by atomic mass is 10.1. The molecule has 0 saturated carbocycles. The van der Waals surface area contributed by atoms with Crippen LogP contribution in [0, 0.1) is 11.6 Å². The Morgan fingerprint density at radius 1 is 1.07 bits per heavy atom. The van der Waals surface area contributed by atoms with Gasteiger partial charge in [-0.05, 0) is 42.0 Å². The molecule has 6 nitrogen and oxygen atoms in total. The van der Waals surface area contributed by atoms with Crippen LogP contribution in [0.2, 0.25) is 5.02 Å². The largest absolute Gasteiger partial charge is 0.346 e. The van der Waals surface area contributed by atoms with Crippen LogP contribution in [-0.4, -0.2) is 25.9 Å². The second-order valence-corrected chi connectivity index (χ2v) is 6.73. The van der Waals surface area contributed by atoms with Gasteiger partial charge >= 0.3 is 0 Å². The van der Waals surface area contributed by atoms with E-state index in [1.165, 1.54) is 41.2 Å². The minimum Gasteiger partial charge on any atom is -0.346 e. The molecule has 0 aliphatic carbocycles. The van der Waals surface area contributed by atoms with Crippen molar-refractivity contribution in [2.45, 2.75) is 6.54 Å². The molecule has 30 heavy (non-hydrogen) atoms. The molecule has 1 N–H and O–H groups in total. The highest BCUT2D eigenvalue weighted by Gasteiger charge is 2.23. The monoisotopic (exact) mass is 425 g/mol. The van der Waals surface area contributed by atoms with Gasteiger partial charge in [-0.3, -0.25) is 9.78 Å². The Hall–Kier alpha value is -3.65. The molecule has 9 heteroatoms. The molecule has 0 radical (unpaired) electrons. The average Bonchev–Trinajstić information content (AvgIpc) is 3.20.